The zero-order chi connectivity index (χ0) is 41.5. The molecule has 0 bridgehead atoms. The van der Waals surface area contributed by atoms with Crippen LogP contribution in [-0.2, 0) is 43.2 Å². The molecule has 4 amide bonds. The van der Waals surface area contributed by atoms with Crippen LogP contribution in [0.2, 0.25) is 0 Å². The van der Waals surface area contributed by atoms with Crippen LogP contribution in [0, 0.1) is 16.0 Å². The van der Waals surface area contributed by atoms with Gasteiger partial charge in [-0.3, -0.25) is 34.2 Å². The summed E-state index contributed by atoms with van der Waals surface area (Å²) < 4.78 is 5.56. The number of aromatic amines is 1. The smallest absolute Gasteiger partial charge is 0.327 e. The topological polar surface area (TPSA) is 260 Å². The molecule has 4 rings (SSSR count). The molecular formula is C40H47N7O10. The Balaban J connectivity index is 1.62. The number of hydrogen-bond acceptors (Lipinski definition) is 11. The van der Waals surface area contributed by atoms with E-state index < -0.39 is 83.7 Å². The van der Waals surface area contributed by atoms with Crippen molar-refractivity contribution in [2.75, 3.05) is 6.61 Å². The van der Waals surface area contributed by atoms with Gasteiger partial charge in [-0.15, -0.1) is 0 Å². The van der Waals surface area contributed by atoms with Crippen molar-refractivity contribution in [1.82, 2.24) is 25.5 Å². The van der Waals surface area contributed by atoms with Crippen LogP contribution in [0.1, 0.15) is 43.5 Å². The largest absolute Gasteiger partial charge is 0.484 e. The number of imide groups is 1. The van der Waals surface area contributed by atoms with Crippen LogP contribution in [0.25, 0.3) is 0 Å². The van der Waals surface area contributed by atoms with Crippen LogP contribution in [0.4, 0.5) is 5.69 Å². The SMILES string of the molecule is CC[C@H](C)[C@@H](C(=O)O)N(C(=O)CC(O)[C@@H](N)Cc1ccc([N+](=O)[O-])cc1)C(=O)[C@H](Cc1c[nH]cn1)NC(=O)[C@H](Cc1ccccc1)NC(=O)COc1ccccc1. The maximum absolute atomic E-state index is 14.6. The number of ether oxygens (including phenoxy) is 1. The van der Waals surface area contributed by atoms with E-state index >= 15 is 0 Å². The minimum Gasteiger partial charge on any atom is -0.484 e. The van der Waals surface area contributed by atoms with Gasteiger partial charge in [0.1, 0.15) is 23.9 Å². The number of hydrogen-bond donors (Lipinski definition) is 6. The van der Waals surface area contributed by atoms with Crippen LogP contribution in [0.5, 0.6) is 5.75 Å². The molecule has 3 aromatic carbocycles. The number of non-ortho nitro benzene ring substituents is 1. The number of nitrogens with one attached hydrogen (secondary N) is 3. The quantitative estimate of drug-likeness (QED) is 0.0526. The number of nitro groups is 1. The highest BCUT2D eigenvalue weighted by Gasteiger charge is 2.42. The summed E-state index contributed by atoms with van der Waals surface area (Å²) in [5, 5.41) is 37.8. The van der Waals surface area contributed by atoms with Crippen molar-refractivity contribution in [2.24, 2.45) is 11.7 Å². The summed E-state index contributed by atoms with van der Waals surface area (Å²) in [5.74, 6) is -5.42. The summed E-state index contributed by atoms with van der Waals surface area (Å²) in [5.41, 5.74) is 7.58. The van der Waals surface area contributed by atoms with Gasteiger partial charge >= 0.3 is 5.97 Å². The number of benzene rings is 3. The lowest BCUT2D eigenvalue weighted by Crippen LogP contribution is -2.61. The molecule has 1 aromatic heterocycles. The Labute approximate surface area is 328 Å². The van der Waals surface area contributed by atoms with Crippen LogP contribution >= 0.6 is 0 Å². The minimum atomic E-state index is -1.71. The molecule has 7 N–H and O–H groups in total. The molecule has 0 spiro atoms. The van der Waals surface area contributed by atoms with Crippen molar-refractivity contribution < 1.29 is 43.8 Å². The Morgan fingerprint density at radius 1 is 0.912 bits per heavy atom. The van der Waals surface area contributed by atoms with Gasteiger partial charge in [0.2, 0.25) is 11.8 Å². The van der Waals surface area contributed by atoms with Crippen molar-refractivity contribution in [3.05, 3.63) is 124 Å². The third-order valence-electron chi connectivity index (χ3n) is 9.35. The number of carbonyl (C=O) groups excluding carboxylic acids is 4. The van der Waals surface area contributed by atoms with Gasteiger partial charge in [0.15, 0.2) is 6.61 Å². The van der Waals surface area contributed by atoms with Crippen molar-refractivity contribution in [1.29, 1.82) is 0 Å². The number of H-pyrrole nitrogens is 1. The fraction of sp³-hybridized carbons (Fsp3) is 0.350. The van der Waals surface area contributed by atoms with Gasteiger partial charge in [0.05, 0.1) is 29.5 Å². The number of amides is 4. The first-order chi connectivity index (χ1) is 27.3. The third kappa shape index (κ3) is 12.8. The number of carboxylic acid groups (broad SMARTS) is 1. The second-order valence-corrected chi connectivity index (χ2v) is 13.6. The van der Waals surface area contributed by atoms with Crippen LogP contribution in [0.3, 0.4) is 0 Å². The Morgan fingerprint density at radius 2 is 1.54 bits per heavy atom. The zero-order valence-electron chi connectivity index (χ0n) is 31.5. The van der Waals surface area contributed by atoms with Gasteiger partial charge in [-0.2, -0.15) is 0 Å². The van der Waals surface area contributed by atoms with E-state index in [-0.39, 0.29) is 31.4 Å². The molecule has 0 radical (unpaired) electrons. The first-order valence-electron chi connectivity index (χ1n) is 18.3. The Hall–Kier alpha value is -6.46. The molecule has 0 aliphatic rings. The lowest BCUT2D eigenvalue weighted by Gasteiger charge is -2.35. The highest BCUT2D eigenvalue weighted by molar-refractivity contribution is 6.03. The van der Waals surface area contributed by atoms with E-state index in [1.165, 1.54) is 36.8 Å². The van der Waals surface area contributed by atoms with E-state index in [2.05, 4.69) is 20.6 Å². The predicted octanol–water partition coefficient (Wildman–Crippen LogP) is 2.33. The van der Waals surface area contributed by atoms with Gasteiger partial charge in [0, 0.05) is 37.2 Å². The number of para-hydroxylation sites is 1. The maximum Gasteiger partial charge on any atom is 0.327 e. The molecule has 0 aliphatic heterocycles. The molecule has 57 heavy (non-hydrogen) atoms. The molecule has 4 aromatic rings. The monoisotopic (exact) mass is 785 g/mol. The van der Waals surface area contributed by atoms with Gasteiger partial charge in [-0.25, -0.2) is 9.78 Å². The van der Waals surface area contributed by atoms with Crippen molar-refractivity contribution in [2.45, 2.75) is 76.2 Å². The molecule has 1 heterocycles. The van der Waals surface area contributed by atoms with E-state index in [4.69, 9.17) is 10.5 Å². The molecule has 0 fully saturated rings. The third-order valence-corrected chi connectivity index (χ3v) is 9.35. The number of aliphatic carboxylic acids is 1. The fourth-order valence-electron chi connectivity index (χ4n) is 6.05. The van der Waals surface area contributed by atoms with Gasteiger partial charge in [-0.05, 0) is 35.6 Å². The van der Waals surface area contributed by atoms with Crippen molar-refractivity contribution >= 4 is 35.3 Å². The maximum atomic E-state index is 14.6. The number of nitro benzene ring substituents is 1. The van der Waals surface area contributed by atoms with E-state index in [1.807, 2.05) is 0 Å². The summed E-state index contributed by atoms with van der Waals surface area (Å²) in [4.78, 5) is 86.7. The molecule has 6 atom stereocenters. The summed E-state index contributed by atoms with van der Waals surface area (Å²) >= 11 is 0. The number of aliphatic hydroxyl groups excluding tert-OH is 1. The molecule has 302 valence electrons. The molecule has 17 heteroatoms. The normalized spacial score (nSPS) is 14.2. The fourth-order valence-corrected chi connectivity index (χ4v) is 6.05. The van der Waals surface area contributed by atoms with E-state index in [1.54, 1.807) is 74.5 Å². The second-order valence-electron chi connectivity index (χ2n) is 13.6. The number of aromatic nitrogens is 2. The molecule has 0 aliphatic carbocycles. The second kappa shape index (κ2) is 21.0. The average Bonchev–Trinajstić information content (AvgIpc) is 3.72. The molecule has 17 nitrogen and oxygen atoms in total. The van der Waals surface area contributed by atoms with Gasteiger partial charge in [-0.1, -0.05) is 80.9 Å². The highest BCUT2D eigenvalue weighted by atomic mass is 16.6. The predicted molar refractivity (Wildman–Crippen MR) is 206 cm³/mol. The summed E-state index contributed by atoms with van der Waals surface area (Å²) in [6.45, 7) is 2.81. The molecule has 0 saturated heterocycles. The summed E-state index contributed by atoms with van der Waals surface area (Å²) in [6, 6.07) is 17.2. The average molecular weight is 786 g/mol. The number of nitrogens with zero attached hydrogens (tertiary/aromatic N) is 3. The van der Waals surface area contributed by atoms with Crippen LogP contribution in [0.15, 0.2) is 97.5 Å². The van der Waals surface area contributed by atoms with E-state index in [0.29, 0.717) is 27.5 Å². The summed E-state index contributed by atoms with van der Waals surface area (Å²) in [6.07, 6.45) is 0.422. The number of aliphatic hydroxyl groups is 1. The molecular weight excluding hydrogens is 738 g/mol. The van der Waals surface area contributed by atoms with Gasteiger partial charge < -0.3 is 36.3 Å². The zero-order valence-corrected chi connectivity index (χ0v) is 31.5. The van der Waals surface area contributed by atoms with Crippen molar-refractivity contribution in [3.8, 4) is 5.75 Å². The van der Waals surface area contributed by atoms with Gasteiger partial charge in [0.25, 0.3) is 17.5 Å². The Kier molecular flexibility index (Phi) is 15.9. The lowest BCUT2D eigenvalue weighted by molar-refractivity contribution is -0.384. The Morgan fingerprint density at radius 3 is 2.12 bits per heavy atom. The van der Waals surface area contributed by atoms with Crippen LogP contribution in [-0.4, -0.2) is 96.5 Å². The lowest BCUT2D eigenvalue weighted by atomic mass is 9.94. The number of rotatable bonds is 21. The molecule has 0 saturated carbocycles. The first kappa shape index (κ1) is 43.3. The number of nitrogens with two attached hydrogens (primary N) is 1. The number of carboxylic acids is 1. The first-order valence-corrected chi connectivity index (χ1v) is 18.3. The van der Waals surface area contributed by atoms with Crippen molar-refractivity contribution in [3.63, 3.8) is 0 Å². The van der Waals surface area contributed by atoms with E-state index in [9.17, 15) is 44.3 Å². The van der Waals surface area contributed by atoms with Crippen LogP contribution < -0.4 is 21.1 Å². The minimum absolute atomic E-state index is 0.000822. The standard InChI is InChI=1S/C40H47N7O10/c1-3-25(2)37(40(53)54)46(36(50)21-34(48)31(41)18-27-14-16-29(17-15-27)47(55)56)39(52)33(20-28-22-42-24-43-28)45-38(51)32(19-26-10-6-4-7-11-26)44-35(49)23-57-30-12-8-5-9-13-30/h4-17,22,24-25,31-34,37,48H,3,18-21,23,41H2,1-2H3,(H,42,43)(H,44,49)(H,45,51)(H,53,54)/t25-,31-,32-,33-,34?,37-/m0/s1. The summed E-state index contributed by atoms with van der Waals surface area (Å²) in [7, 11) is 0. The number of carbonyl (C=O) groups is 5. The number of imidazole rings is 1. The Bertz CT molecular complexity index is 1950. The molecule has 1 unspecified atom stereocenters. The highest BCUT2D eigenvalue weighted by Crippen LogP contribution is 2.21. The van der Waals surface area contributed by atoms with E-state index in [0.717, 1.165) is 0 Å².